The van der Waals surface area contributed by atoms with Crippen LogP contribution in [-0.4, -0.2) is 4.98 Å². The van der Waals surface area contributed by atoms with E-state index in [0.717, 1.165) is 17.0 Å². The molecular weight excluding hydrogens is 268 g/mol. The summed E-state index contributed by atoms with van der Waals surface area (Å²) in [4.78, 5) is 4.49. The van der Waals surface area contributed by atoms with Crippen molar-refractivity contribution < 1.29 is 4.42 Å². The van der Waals surface area contributed by atoms with Crippen LogP contribution in [0.15, 0.2) is 40.3 Å². The molecule has 3 nitrogen and oxygen atoms in total. The predicted molar refractivity (Wildman–Crippen MR) is 83.0 cm³/mol. The number of nitrogens with one attached hydrogen (secondary N) is 1. The average molecular weight is 286 g/mol. The molecule has 0 radical (unpaired) electrons. The quantitative estimate of drug-likeness (QED) is 0.761. The highest BCUT2D eigenvalue weighted by Gasteiger charge is 2.14. The van der Waals surface area contributed by atoms with Crippen LogP contribution in [0.4, 0.5) is 0 Å². The van der Waals surface area contributed by atoms with Crippen LogP contribution in [0.3, 0.4) is 0 Å². The molecule has 0 spiro atoms. The van der Waals surface area contributed by atoms with Gasteiger partial charge in [0.25, 0.3) is 0 Å². The van der Waals surface area contributed by atoms with Crippen molar-refractivity contribution in [2.45, 2.75) is 32.9 Å². The fourth-order valence-corrected chi connectivity index (χ4v) is 3.13. The molecule has 0 amide bonds. The number of furan rings is 1. The Hall–Kier alpha value is -1.65. The lowest BCUT2D eigenvalue weighted by Crippen LogP contribution is -2.22. The molecule has 0 aliphatic heterocycles. The lowest BCUT2D eigenvalue weighted by Gasteiger charge is -2.18. The van der Waals surface area contributed by atoms with E-state index in [0.29, 0.717) is 0 Å². The monoisotopic (exact) mass is 286 g/mol. The first-order valence-corrected chi connectivity index (χ1v) is 7.67. The minimum atomic E-state index is 0.178. The molecule has 0 aromatic carbocycles. The van der Waals surface area contributed by atoms with Crippen LogP contribution in [0.1, 0.15) is 43.0 Å². The van der Waals surface area contributed by atoms with Crippen LogP contribution in [-0.2, 0) is 0 Å². The second-order valence-corrected chi connectivity index (χ2v) is 6.08. The van der Waals surface area contributed by atoms with Crippen LogP contribution < -0.4 is 5.32 Å². The third-order valence-electron chi connectivity index (χ3n) is 3.51. The van der Waals surface area contributed by atoms with Gasteiger partial charge < -0.3 is 9.73 Å². The molecule has 0 saturated heterocycles. The van der Waals surface area contributed by atoms with E-state index in [4.69, 9.17) is 4.42 Å². The SMILES string of the molecule is Cc1ccc(C(C)NC(C)c2cnc3ccsc3c2)o1. The lowest BCUT2D eigenvalue weighted by molar-refractivity contribution is 0.392. The lowest BCUT2D eigenvalue weighted by atomic mass is 10.1. The first-order chi connectivity index (χ1) is 9.63. The van der Waals surface area contributed by atoms with Gasteiger partial charge in [-0.25, -0.2) is 0 Å². The molecule has 0 aliphatic carbocycles. The van der Waals surface area contributed by atoms with Gasteiger partial charge in [-0.05, 0) is 56.0 Å². The normalized spacial score (nSPS) is 14.6. The first kappa shape index (κ1) is 13.3. The summed E-state index contributed by atoms with van der Waals surface area (Å²) < 4.78 is 6.90. The highest BCUT2D eigenvalue weighted by atomic mass is 32.1. The number of hydrogen-bond donors (Lipinski definition) is 1. The van der Waals surface area contributed by atoms with Gasteiger partial charge in [0.2, 0.25) is 0 Å². The fourth-order valence-electron chi connectivity index (χ4n) is 2.34. The smallest absolute Gasteiger partial charge is 0.120 e. The summed E-state index contributed by atoms with van der Waals surface area (Å²) in [6.45, 7) is 6.24. The number of rotatable bonds is 4. The van der Waals surface area contributed by atoms with Gasteiger partial charge in [0.1, 0.15) is 11.5 Å². The van der Waals surface area contributed by atoms with Crippen molar-refractivity contribution in [3.63, 3.8) is 0 Å². The number of thiophene rings is 1. The second kappa shape index (κ2) is 5.38. The zero-order chi connectivity index (χ0) is 14.1. The molecule has 3 aromatic rings. The van der Waals surface area contributed by atoms with Crippen LogP contribution >= 0.6 is 11.3 Å². The van der Waals surface area contributed by atoms with Crippen LogP contribution in [0.5, 0.6) is 0 Å². The summed E-state index contributed by atoms with van der Waals surface area (Å²) in [5.74, 6) is 1.92. The number of hydrogen-bond acceptors (Lipinski definition) is 4. The molecule has 2 atom stereocenters. The second-order valence-electron chi connectivity index (χ2n) is 5.13. The average Bonchev–Trinajstić information content (AvgIpc) is 3.05. The molecule has 0 saturated carbocycles. The summed E-state index contributed by atoms with van der Waals surface area (Å²) in [5.41, 5.74) is 2.27. The Morgan fingerprint density at radius 2 is 2.05 bits per heavy atom. The number of nitrogens with zero attached hydrogens (tertiary/aromatic N) is 1. The van der Waals surface area contributed by atoms with Crippen molar-refractivity contribution in [3.05, 3.63) is 52.9 Å². The van der Waals surface area contributed by atoms with E-state index in [1.54, 1.807) is 11.3 Å². The Kier molecular flexibility index (Phi) is 3.59. The zero-order valence-corrected chi connectivity index (χ0v) is 12.7. The molecule has 0 aliphatic rings. The molecule has 3 heterocycles. The molecule has 3 rings (SSSR count). The Labute approximate surface area is 122 Å². The Bertz CT molecular complexity index is 716. The summed E-state index contributed by atoms with van der Waals surface area (Å²) in [5, 5.41) is 5.63. The molecule has 3 aromatic heterocycles. The van der Waals surface area contributed by atoms with Gasteiger partial charge in [0, 0.05) is 12.2 Å². The van der Waals surface area contributed by atoms with Gasteiger partial charge in [-0.15, -0.1) is 11.3 Å². The highest BCUT2D eigenvalue weighted by molar-refractivity contribution is 7.17. The summed E-state index contributed by atoms with van der Waals surface area (Å²) in [7, 11) is 0. The first-order valence-electron chi connectivity index (χ1n) is 6.79. The van der Waals surface area contributed by atoms with Crippen molar-refractivity contribution in [1.29, 1.82) is 0 Å². The van der Waals surface area contributed by atoms with Crippen molar-refractivity contribution in [1.82, 2.24) is 10.3 Å². The molecular formula is C16H18N2OS. The van der Waals surface area contributed by atoms with Gasteiger partial charge >= 0.3 is 0 Å². The minimum Gasteiger partial charge on any atom is -0.465 e. The molecule has 1 N–H and O–H groups in total. The largest absolute Gasteiger partial charge is 0.465 e. The van der Waals surface area contributed by atoms with Gasteiger partial charge in [-0.2, -0.15) is 0 Å². The van der Waals surface area contributed by atoms with Crippen LogP contribution in [0, 0.1) is 6.92 Å². The predicted octanol–water partition coefficient (Wildman–Crippen LogP) is 4.61. The maximum atomic E-state index is 5.66. The van der Waals surface area contributed by atoms with E-state index in [-0.39, 0.29) is 12.1 Å². The van der Waals surface area contributed by atoms with E-state index < -0.39 is 0 Å². The zero-order valence-electron chi connectivity index (χ0n) is 11.9. The van der Waals surface area contributed by atoms with Crippen molar-refractivity contribution >= 4 is 21.6 Å². The van der Waals surface area contributed by atoms with E-state index in [1.807, 2.05) is 25.3 Å². The van der Waals surface area contributed by atoms with Crippen LogP contribution in [0.25, 0.3) is 10.2 Å². The van der Waals surface area contributed by atoms with Crippen LogP contribution in [0.2, 0.25) is 0 Å². The van der Waals surface area contributed by atoms with E-state index in [1.165, 1.54) is 10.3 Å². The summed E-state index contributed by atoms with van der Waals surface area (Å²) in [6, 6.07) is 8.70. The standard InChI is InChI=1S/C16H18N2OS/c1-10-4-5-15(19-10)12(3)18-11(2)13-8-16-14(17-9-13)6-7-20-16/h4-9,11-12,18H,1-3H3. The molecule has 0 bridgehead atoms. The van der Waals surface area contributed by atoms with Gasteiger partial charge in [-0.1, -0.05) is 0 Å². The number of aryl methyl sites for hydroxylation is 1. The third kappa shape index (κ3) is 2.62. The van der Waals surface area contributed by atoms with Crippen molar-refractivity contribution in [2.75, 3.05) is 0 Å². The molecule has 2 unspecified atom stereocenters. The van der Waals surface area contributed by atoms with E-state index >= 15 is 0 Å². The molecule has 104 valence electrons. The number of pyridine rings is 1. The van der Waals surface area contributed by atoms with Gasteiger partial charge in [-0.3, -0.25) is 4.98 Å². The van der Waals surface area contributed by atoms with Gasteiger partial charge in [0.15, 0.2) is 0 Å². The number of aromatic nitrogens is 1. The van der Waals surface area contributed by atoms with E-state index in [2.05, 4.69) is 41.7 Å². The minimum absolute atomic E-state index is 0.178. The molecule has 4 heteroatoms. The number of fused-ring (bicyclic) bond motifs is 1. The van der Waals surface area contributed by atoms with E-state index in [9.17, 15) is 0 Å². The maximum Gasteiger partial charge on any atom is 0.120 e. The van der Waals surface area contributed by atoms with Crippen molar-refractivity contribution in [2.24, 2.45) is 0 Å². The highest BCUT2D eigenvalue weighted by Crippen LogP contribution is 2.25. The summed E-state index contributed by atoms with van der Waals surface area (Å²) in [6.07, 6.45) is 1.95. The Balaban J connectivity index is 1.76. The maximum absolute atomic E-state index is 5.66. The Morgan fingerprint density at radius 3 is 2.80 bits per heavy atom. The molecule has 0 fully saturated rings. The summed E-state index contributed by atoms with van der Waals surface area (Å²) >= 11 is 1.73. The fraction of sp³-hybridized carbons (Fsp3) is 0.312. The third-order valence-corrected chi connectivity index (χ3v) is 4.36. The van der Waals surface area contributed by atoms with Gasteiger partial charge in [0.05, 0.1) is 16.3 Å². The Morgan fingerprint density at radius 1 is 1.20 bits per heavy atom. The van der Waals surface area contributed by atoms with Crippen molar-refractivity contribution in [3.8, 4) is 0 Å². The topological polar surface area (TPSA) is 38.1 Å². The molecule has 20 heavy (non-hydrogen) atoms.